The van der Waals surface area contributed by atoms with Crippen LogP contribution in [0.2, 0.25) is 0 Å². The highest BCUT2D eigenvalue weighted by Gasteiger charge is 2.40. The van der Waals surface area contributed by atoms with Gasteiger partial charge >= 0.3 is 0 Å². The maximum absolute atomic E-state index is 12.3. The largest absolute Gasteiger partial charge is 0.269 e. The summed E-state index contributed by atoms with van der Waals surface area (Å²) in [4.78, 5) is 12.2. The van der Waals surface area contributed by atoms with Gasteiger partial charge in [0.05, 0.1) is 5.56 Å². The van der Waals surface area contributed by atoms with E-state index in [2.05, 4.69) is 0 Å². The van der Waals surface area contributed by atoms with Crippen LogP contribution in [0.5, 0.6) is 0 Å². The highest BCUT2D eigenvalue weighted by atomic mass is 127. The van der Waals surface area contributed by atoms with E-state index >= 15 is 0 Å². The fraction of sp³-hybridized carbons (Fsp3) is 0.417. The molecule has 2 rings (SSSR count). The van der Waals surface area contributed by atoms with Crippen LogP contribution in [0, 0.1) is 9.49 Å². The van der Waals surface area contributed by atoms with Crippen molar-refractivity contribution in [2.24, 2.45) is 5.92 Å². The lowest BCUT2D eigenvalue weighted by atomic mass is 10.1. The molecule has 4 nitrogen and oxygen atoms in total. The number of carbonyl (C=O) groups excluding carboxylic acids is 1. The van der Waals surface area contributed by atoms with Crippen molar-refractivity contribution in [3.8, 4) is 0 Å². The average Bonchev–Trinajstić information content (AvgIpc) is 2.45. The van der Waals surface area contributed by atoms with Gasteiger partial charge < -0.3 is 0 Å². The molecule has 0 atom stereocenters. The van der Waals surface area contributed by atoms with Crippen molar-refractivity contribution < 1.29 is 13.2 Å². The van der Waals surface area contributed by atoms with Gasteiger partial charge in [-0.25, -0.2) is 12.7 Å². The molecule has 0 aliphatic carbocycles. The molecule has 0 radical (unpaired) electrons. The van der Waals surface area contributed by atoms with Gasteiger partial charge in [0.2, 0.25) is 0 Å². The van der Waals surface area contributed by atoms with Crippen molar-refractivity contribution in [2.75, 3.05) is 6.54 Å². The third kappa shape index (κ3) is 2.27. The van der Waals surface area contributed by atoms with Gasteiger partial charge in [-0.15, -0.1) is 0 Å². The number of halogens is 1. The Kier molecular flexibility index (Phi) is 3.68. The van der Waals surface area contributed by atoms with E-state index in [-0.39, 0.29) is 11.4 Å². The fourth-order valence-corrected chi connectivity index (χ4v) is 4.16. The molecule has 0 N–H and O–H groups in total. The molecule has 0 fully saturated rings. The first-order valence-electron chi connectivity index (χ1n) is 5.70. The third-order valence-corrected chi connectivity index (χ3v) is 5.37. The average molecular weight is 379 g/mol. The Bertz CT molecular complexity index is 595. The number of nitrogens with zero attached hydrogens (tertiary/aromatic N) is 1. The molecule has 0 aromatic heterocycles. The van der Waals surface area contributed by atoms with Gasteiger partial charge in [0.25, 0.3) is 15.9 Å². The Morgan fingerprint density at radius 1 is 1.33 bits per heavy atom. The second kappa shape index (κ2) is 4.80. The van der Waals surface area contributed by atoms with Crippen molar-refractivity contribution in [1.29, 1.82) is 0 Å². The molecule has 1 aliphatic rings. The van der Waals surface area contributed by atoms with Gasteiger partial charge in [0.15, 0.2) is 0 Å². The summed E-state index contributed by atoms with van der Waals surface area (Å²) in [5.41, 5.74) is 0.291. The maximum Gasteiger partial charge on any atom is 0.269 e. The maximum atomic E-state index is 12.3. The Morgan fingerprint density at radius 3 is 2.61 bits per heavy atom. The number of benzene rings is 1. The molecule has 6 heteroatoms. The van der Waals surface area contributed by atoms with E-state index < -0.39 is 15.9 Å². The van der Waals surface area contributed by atoms with Crippen LogP contribution in [0.4, 0.5) is 0 Å². The fourth-order valence-electron chi connectivity index (χ4n) is 1.85. The monoisotopic (exact) mass is 379 g/mol. The van der Waals surface area contributed by atoms with Crippen LogP contribution in [-0.2, 0) is 10.0 Å². The third-order valence-electron chi connectivity index (χ3n) is 2.88. The lowest BCUT2D eigenvalue weighted by Gasteiger charge is -2.16. The standard InChI is InChI=1S/C12H14INO3S/c1-8(2)5-6-14-12(15)10-4-3-9(13)7-11(10)18(14,16)17/h3-4,7-8H,5-6H2,1-2H3. The molecule has 1 aliphatic heterocycles. The summed E-state index contributed by atoms with van der Waals surface area (Å²) in [6.07, 6.45) is 0.677. The summed E-state index contributed by atoms with van der Waals surface area (Å²) >= 11 is 2.04. The van der Waals surface area contributed by atoms with Gasteiger partial charge in [-0.2, -0.15) is 0 Å². The summed E-state index contributed by atoms with van der Waals surface area (Å²) < 4.78 is 26.3. The minimum atomic E-state index is -3.63. The number of fused-ring (bicyclic) bond motifs is 1. The summed E-state index contributed by atoms with van der Waals surface area (Å²) in [5.74, 6) is -0.0427. The van der Waals surface area contributed by atoms with Crippen LogP contribution in [0.15, 0.2) is 23.1 Å². The molecule has 0 unspecified atom stereocenters. The zero-order valence-corrected chi connectivity index (χ0v) is 13.2. The molecule has 0 saturated carbocycles. The van der Waals surface area contributed by atoms with Crippen LogP contribution in [0.25, 0.3) is 0 Å². The summed E-state index contributed by atoms with van der Waals surface area (Å²) in [5, 5.41) is 0. The van der Waals surface area contributed by atoms with E-state index in [1.165, 1.54) is 0 Å². The second-order valence-electron chi connectivity index (χ2n) is 4.71. The molecule has 0 bridgehead atoms. The van der Waals surface area contributed by atoms with Gasteiger partial charge in [-0.05, 0) is 53.1 Å². The van der Waals surface area contributed by atoms with Crippen LogP contribution in [-0.4, -0.2) is 25.2 Å². The number of hydrogen-bond acceptors (Lipinski definition) is 3. The molecule has 98 valence electrons. The van der Waals surface area contributed by atoms with Crippen molar-refractivity contribution in [2.45, 2.75) is 25.2 Å². The zero-order valence-electron chi connectivity index (χ0n) is 10.2. The molecule has 0 saturated heterocycles. The van der Waals surface area contributed by atoms with Crippen molar-refractivity contribution in [1.82, 2.24) is 4.31 Å². The molecule has 1 heterocycles. The molecule has 1 aromatic carbocycles. The molecule has 1 aromatic rings. The predicted molar refractivity (Wildman–Crippen MR) is 76.8 cm³/mol. The highest BCUT2D eigenvalue weighted by molar-refractivity contribution is 14.1. The normalized spacial score (nSPS) is 17.3. The van der Waals surface area contributed by atoms with E-state index in [1.807, 2.05) is 36.4 Å². The van der Waals surface area contributed by atoms with Crippen LogP contribution in [0.3, 0.4) is 0 Å². The number of amides is 1. The Balaban J connectivity index is 2.42. The first kappa shape index (κ1) is 13.8. The second-order valence-corrected chi connectivity index (χ2v) is 7.78. The minimum Gasteiger partial charge on any atom is -0.268 e. The molecular weight excluding hydrogens is 365 g/mol. The van der Waals surface area contributed by atoms with Crippen LogP contribution >= 0.6 is 22.6 Å². The Morgan fingerprint density at radius 2 is 2.00 bits per heavy atom. The Hall–Kier alpha value is -0.630. The SMILES string of the molecule is CC(C)CCN1C(=O)c2ccc(I)cc2S1(=O)=O. The van der Waals surface area contributed by atoms with Crippen molar-refractivity contribution in [3.63, 3.8) is 0 Å². The van der Waals surface area contributed by atoms with Gasteiger partial charge in [-0.3, -0.25) is 4.79 Å². The number of sulfonamides is 1. The zero-order chi connectivity index (χ0) is 13.5. The number of carbonyl (C=O) groups is 1. The highest BCUT2D eigenvalue weighted by Crippen LogP contribution is 2.31. The van der Waals surface area contributed by atoms with Gasteiger partial charge in [0, 0.05) is 10.1 Å². The van der Waals surface area contributed by atoms with E-state index in [1.54, 1.807) is 18.2 Å². The number of hydrogen-bond donors (Lipinski definition) is 0. The molecule has 1 amide bonds. The van der Waals surface area contributed by atoms with E-state index in [9.17, 15) is 13.2 Å². The molecular formula is C12H14INO3S. The first-order valence-corrected chi connectivity index (χ1v) is 8.22. The summed E-state index contributed by atoms with van der Waals surface area (Å²) in [6, 6.07) is 4.89. The lowest BCUT2D eigenvalue weighted by molar-refractivity contribution is 0.0867. The topological polar surface area (TPSA) is 54.5 Å². The van der Waals surface area contributed by atoms with E-state index in [0.29, 0.717) is 17.9 Å². The first-order chi connectivity index (χ1) is 8.34. The smallest absolute Gasteiger partial charge is 0.268 e. The predicted octanol–water partition coefficient (Wildman–Crippen LogP) is 2.48. The quantitative estimate of drug-likeness (QED) is 0.759. The Labute approximate surface area is 121 Å². The van der Waals surface area contributed by atoms with Crippen molar-refractivity contribution >= 4 is 38.5 Å². The van der Waals surface area contributed by atoms with Crippen LogP contribution < -0.4 is 0 Å². The van der Waals surface area contributed by atoms with E-state index in [4.69, 9.17) is 0 Å². The molecule has 0 spiro atoms. The summed E-state index contributed by atoms with van der Waals surface area (Å²) in [6.45, 7) is 4.26. The van der Waals surface area contributed by atoms with E-state index in [0.717, 1.165) is 7.88 Å². The minimum absolute atomic E-state index is 0.142. The van der Waals surface area contributed by atoms with Crippen molar-refractivity contribution in [3.05, 3.63) is 27.3 Å². The lowest BCUT2D eigenvalue weighted by Crippen LogP contribution is -2.31. The number of rotatable bonds is 3. The molecule has 18 heavy (non-hydrogen) atoms. The van der Waals surface area contributed by atoms with Gasteiger partial charge in [0.1, 0.15) is 4.90 Å². The van der Waals surface area contributed by atoms with Gasteiger partial charge in [-0.1, -0.05) is 13.8 Å². The van der Waals surface area contributed by atoms with Crippen LogP contribution in [0.1, 0.15) is 30.6 Å². The summed E-state index contributed by atoms with van der Waals surface area (Å²) in [7, 11) is -3.63.